The molecule has 1 aliphatic heterocycles. The van der Waals surface area contributed by atoms with E-state index in [0.717, 1.165) is 12.5 Å². The maximum atomic E-state index is 13.1. The summed E-state index contributed by atoms with van der Waals surface area (Å²) in [7, 11) is -3.99. The molecule has 2 aliphatic rings. The summed E-state index contributed by atoms with van der Waals surface area (Å²) in [5, 5.41) is 20.7. The summed E-state index contributed by atoms with van der Waals surface area (Å²) in [5.74, 6) is -1.16. The number of fused-ring (bicyclic) bond motifs is 1. The fourth-order valence-corrected chi connectivity index (χ4v) is 5.97. The van der Waals surface area contributed by atoms with Crippen LogP contribution in [0.25, 0.3) is 0 Å². The lowest BCUT2D eigenvalue weighted by Gasteiger charge is -2.23. The van der Waals surface area contributed by atoms with E-state index in [1.165, 1.54) is 16.4 Å². The van der Waals surface area contributed by atoms with Gasteiger partial charge in [-0.25, -0.2) is 8.42 Å². The van der Waals surface area contributed by atoms with Crippen LogP contribution in [-0.2, 0) is 21.2 Å². The van der Waals surface area contributed by atoms with Crippen LogP contribution in [0.15, 0.2) is 23.1 Å². The van der Waals surface area contributed by atoms with Crippen molar-refractivity contribution in [2.75, 3.05) is 13.1 Å². The van der Waals surface area contributed by atoms with Crippen LogP contribution in [0.3, 0.4) is 0 Å². The average Bonchev–Trinajstić information content (AvgIpc) is 3.12. The lowest BCUT2D eigenvalue weighted by Crippen LogP contribution is -2.37. The number of aliphatic carboxylic acids is 1. The Morgan fingerprint density at radius 2 is 2.20 bits per heavy atom. The Morgan fingerprint density at radius 1 is 1.48 bits per heavy atom. The number of aryl methyl sites for hydroxylation is 1. The lowest BCUT2D eigenvalue weighted by molar-refractivity contribution is -0.385. The highest BCUT2D eigenvalue weighted by atomic mass is 32.2. The number of carboxylic acids is 1. The number of benzene rings is 1. The van der Waals surface area contributed by atoms with Crippen LogP contribution < -0.4 is 0 Å². The number of carboxylic acid groups (broad SMARTS) is 1. The summed E-state index contributed by atoms with van der Waals surface area (Å²) in [6, 6.07) is 3.82. The molecule has 1 aromatic carbocycles. The van der Waals surface area contributed by atoms with Crippen molar-refractivity contribution in [3.63, 3.8) is 0 Å². The minimum atomic E-state index is -3.99. The lowest BCUT2D eigenvalue weighted by atomic mass is 9.81. The molecular weight excluding hydrogens is 348 g/mol. The molecule has 1 saturated carbocycles. The molecule has 1 aliphatic carbocycles. The van der Waals surface area contributed by atoms with E-state index in [1.54, 1.807) is 6.92 Å². The second-order valence-corrected chi connectivity index (χ2v) is 8.66. The molecule has 3 rings (SSSR count). The number of nitro groups is 1. The molecule has 8 nitrogen and oxygen atoms in total. The van der Waals surface area contributed by atoms with Gasteiger partial charge in [-0.2, -0.15) is 4.31 Å². The first-order chi connectivity index (χ1) is 11.7. The Labute approximate surface area is 145 Å². The van der Waals surface area contributed by atoms with Crippen LogP contribution in [0.4, 0.5) is 5.69 Å². The number of carbonyl (C=O) groups is 1. The van der Waals surface area contributed by atoms with Crippen LogP contribution in [0, 0.1) is 21.4 Å². The average molecular weight is 368 g/mol. The van der Waals surface area contributed by atoms with E-state index in [4.69, 9.17) is 0 Å². The SMILES string of the molecule is CCc1ccc([N+](=O)[O-])cc1S(=O)(=O)N1C[C@@H]2CCC[C@@]2(C(=O)O)C1. The van der Waals surface area contributed by atoms with Crippen molar-refractivity contribution in [3.05, 3.63) is 33.9 Å². The van der Waals surface area contributed by atoms with Gasteiger partial charge in [0.15, 0.2) is 0 Å². The van der Waals surface area contributed by atoms with Gasteiger partial charge in [0.25, 0.3) is 5.69 Å². The number of rotatable bonds is 5. The van der Waals surface area contributed by atoms with Gasteiger partial charge in [-0.15, -0.1) is 0 Å². The van der Waals surface area contributed by atoms with Crippen molar-refractivity contribution in [2.24, 2.45) is 11.3 Å². The maximum absolute atomic E-state index is 13.1. The molecule has 0 aromatic heterocycles. The van der Waals surface area contributed by atoms with E-state index in [2.05, 4.69) is 0 Å². The molecule has 136 valence electrons. The highest BCUT2D eigenvalue weighted by Crippen LogP contribution is 2.50. The first kappa shape index (κ1) is 17.8. The second kappa shape index (κ2) is 6.06. The molecule has 1 aromatic rings. The molecule has 1 heterocycles. The van der Waals surface area contributed by atoms with Crippen molar-refractivity contribution < 1.29 is 23.2 Å². The van der Waals surface area contributed by atoms with Crippen LogP contribution in [-0.4, -0.2) is 41.8 Å². The van der Waals surface area contributed by atoms with Crippen molar-refractivity contribution in [2.45, 2.75) is 37.5 Å². The minimum absolute atomic E-state index is 0.0683. The quantitative estimate of drug-likeness (QED) is 0.627. The zero-order valence-electron chi connectivity index (χ0n) is 13.8. The van der Waals surface area contributed by atoms with Crippen molar-refractivity contribution in [3.8, 4) is 0 Å². The molecule has 1 N–H and O–H groups in total. The Morgan fingerprint density at radius 3 is 2.76 bits per heavy atom. The Hall–Kier alpha value is -2.00. The zero-order valence-corrected chi connectivity index (χ0v) is 14.7. The molecular formula is C16H20N2O6S. The predicted molar refractivity (Wildman–Crippen MR) is 88.6 cm³/mol. The molecule has 0 radical (unpaired) electrons. The number of hydrogen-bond donors (Lipinski definition) is 1. The molecule has 2 fully saturated rings. The molecule has 0 amide bonds. The minimum Gasteiger partial charge on any atom is -0.481 e. The van der Waals surface area contributed by atoms with Crippen molar-refractivity contribution in [1.29, 1.82) is 0 Å². The van der Waals surface area contributed by atoms with Crippen LogP contribution in [0.1, 0.15) is 31.7 Å². The summed E-state index contributed by atoms with van der Waals surface area (Å²) in [6.45, 7) is 1.86. The van der Waals surface area contributed by atoms with Gasteiger partial charge in [0.05, 0.1) is 15.2 Å². The topological polar surface area (TPSA) is 118 Å². The zero-order chi connectivity index (χ0) is 18.4. The van der Waals surface area contributed by atoms with E-state index in [-0.39, 0.29) is 29.6 Å². The number of nitrogens with zero attached hydrogens (tertiary/aromatic N) is 2. The van der Waals surface area contributed by atoms with Gasteiger partial charge >= 0.3 is 5.97 Å². The van der Waals surface area contributed by atoms with Gasteiger partial charge < -0.3 is 5.11 Å². The van der Waals surface area contributed by atoms with Gasteiger partial charge in [-0.1, -0.05) is 19.4 Å². The fraction of sp³-hybridized carbons (Fsp3) is 0.562. The molecule has 0 spiro atoms. The van der Waals surface area contributed by atoms with Gasteiger partial charge in [-0.3, -0.25) is 14.9 Å². The van der Waals surface area contributed by atoms with Gasteiger partial charge in [0.2, 0.25) is 10.0 Å². The normalized spacial score (nSPS) is 26.5. The van der Waals surface area contributed by atoms with E-state index < -0.39 is 26.3 Å². The number of non-ortho nitro benzene ring substituents is 1. The number of sulfonamides is 1. The predicted octanol–water partition coefficient (Wildman–Crippen LogP) is 2.03. The van der Waals surface area contributed by atoms with E-state index in [1.807, 2.05) is 0 Å². The van der Waals surface area contributed by atoms with Crippen molar-refractivity contribution >= 4 is 21.7 Å². The number of hydrogen-bond acceptors (Lipinski definition) is 5. The monoisotopic (exact) mass is 368 g/mol. The first-order valence-electron chi connectivity index (χ1n) is 8.23. The molecule has 9 heteroatoms. The summed E-state index contributed by atoms with van der Waals surface area (Å²) < 4.78 is 27.4. The van der Waals surface area contributed by atoms with Crippen LogP contribution in [0.5, 0.6) is 0 Å². The van der Waals surface area contributed by atoms with E-state index in [0.29, 0.717) is 24.8 Å². The van der Waals surface area contributed by atoms with Gasteiger partial charge in [0.1, 0.15) is 0 Å². The second-order valence-electron chi connectivity index (χ2n) is 6.75. The summed E-state index contributed by atoms with van der Waals surface area (Å²) in [4.78, 5) is 22.1. The molecule has 25 heavy (non-hydrogen) atoms. The van der Waals surface area contributed by atoms with E-state index in [9.17, 15) is 28.4 Å². The summed E-state index contributed by atoms with van der Waals surface area (Å²) in [5.41, 5.74) is -0.824. The first-order valence-corrected chi connectivity index (χ1v) is 9.67. The Balaban J connectivity index is 2.02. The largest absolute Gasteiger partial charge is 0.481 e. The standard InChI is InChI=1S/C16H20N2O6S/c1-2-11-5-6-13(18(21)22)8-14(11)25(23,24)17-9-12-4-3-7-16(12,10-17)15(19)20/h5-6,8,12H,2-4,7,9-10H2,1H3,(H,19,20)/t12-,16+/m0/s1. The van der Waals surface area contributed by atoms with Gasteiger partial charge in [0, 0.05) is 25.2 Å². The number of nitro benzene ring substituents is 1. The highest BCUT2D eigenvalue weighted by molar-refractivity contribution is 7.89. The maximum Gasteiger partial charge on any atom is 0.311 e. The molecule has 0 bridgehead atoms. The molecule has 1 saturated heterocycles. The van der Waals surface area contributed by atoms with E-state index >= 15 is 0 Å². The van der Waals surface area contributed by atoms with Crippen LogP contribution in [0.2, 0.25) is 0 Å². The van der Waals surface area contributed by atoms with Crippen molar-refractivity contribution in [1.82, 2.24) is 4.31 Å². The third-order valence-electron chi connectivity index (χ3n) is 5.53. The summed E-state index contributed by atoms with van der Waals surface area (Å²) >= 11 is 0. The van der Waals surface area contributed by atoms with Crippen LogP contribution >= 0.6 is 0 Å². The smallest absolute Gasteiger partial charge is 0.311 e. The third-order valence-corrected chi connectivity index (χ3v) is 7.42. The van der Waals surface area contributed by atoms with Gasteiger partial charge in [-0.05, 0) is 30.7 Å². The molecule has 2 atom stereocenters. The summed E-state index contributed by atoms with van der Waals surface area (Å²) in [6.07, 6.45) is 2.35. The fourth-order valence-electron chi connectivity index (χ4n) is 4.10. The highest BCUT2D eigenvalue weighted by Gasteiger charge is 2.57. The Bertz CT molecular complexity index is 837. The molecule has 0 unspecified atom stereocenters. The third kappa shape index (κ3) is 2.71. The Kier molecular flexibility index (Phi) is 4.32.